The number of methoxy groups -OCH3 is 1. The Morgan fingerprint density at radius 3 is 2.26 bits per heavy atom. The van der Waals surface area contributed by atoms with E-state index in [4.69, 9.17) is 9.47 Å². The lowest BCUT2D eigenvalue weighted by molar-refractivity contribution is 0.0191. The largest absolute Gasteiger partial charge is 0.444 e. The molecule has 0 aromatic carbocycles. The van der Waals surface area contributed by atoms with Crippen LogP contribution in [0.15, 0.2) is 0 Å². The second-order valence-corrected chi connectivity index (χ2v) is 6.08. The van der Waals surface area contributed by atoms with E-state index in [1.54, 1.807) is 12.0 Å². The van der Waals surface area contributed by atoms with Gasteiger partial charge in [-0.25, -0.2) is 4.79 Å². The van der Waals surface area contributed by atoms with Crippen LogP contribution in [0.25, 0.3) is 0 Å². The number of ether oxygens (including phenoxy) is 2. The van der Waals surface area contributed by atoms with Crippen molar-refractivity contribution in [2.75, 3.05) is 26.8 Å². The Kier molecular flexibility index (Phi) is 8.02. The van der Waals surface area contributed by atoms with Gasteiger partial charge in [0.25, 0.3) is 0 Å². The summed E-state index contributed by atoms with van der Waals surface area (Å²) in [5.74, 6) is 0. The standard InChI is InChI=1S/C14H30N2O3/c1-11(2)16(13(17)19-14(4,5)6)9-8-15-12(3)10-18-7/h11-12,15H,8-10H2,1-7H3. The summed E-state index contributed by atoms with van der Waals surface area (Å²) in [6.45, 7) is 13.7. The number of rotatable bonds is 7. The minimum absolute atomic E-state index is 0.120. The summed E-state index contributed by atoms with van der Waals surface area (Å²) < 4.78 is 10.5. The zero-order chi connectivity index (χ0) is 15.1. The van der Waals surface area contributed by atoms with Crippen LogP contribution in [0.4, 0.5) is 4.79 Å². The molecule has 0 spiro atoms. The van der Waals surface area contributed by atoms with E-state index < -0.39 is 5.60 Å². The van der Waals surface area contributed by atoms with Crippen molar-refractivity contribution in [3.05, 3.63) is 0 Å². The van der Waals surface area contributed by atoms with Gasteiger partial charge in [0.1, 0.15) is 5.60 Å². The molecule has 5 nitrogen and oxygen atoms in total. The predicted octanol–water partition coefficient (Wildman–Crippen LogP) is 2.26. The van der Waals surface area contributed by atoms with Crippen molar-refractivity contribution in [2.24, 2.45) is 0 Å². The molecule has 5 heteroatoms. The Morgan fingerprint density at radius 1 is 1.26 bits per heavy atom. The molecule has 0 aliphatic carbocycles. The van der Waals surface area contributed by atoms with Gasteiger partial charge in [0.15, 0.2) is 0 Å². The second kappa shape index (κ2) is 8.38. The summed E-state index contributed by atoms with van der Waals surface area (Å²) in [4.78, 5) is 13.8. The summed E-state index contributed by atoms with van der Waals surface area (Å²) in [6, 6.07) is 0.395. The first kappa shape index (κ1) is 18.2. The Morgan fingerprint density at radius 2 is 1.84 bits per heavy atom. The fraction of sp³-hybridized carbons (Fsp3) is 0.929. The maximum Gasteiger partial charge on any atom is 0.410 e. The molecule has 0 fully saturated rings. The van der Waals surface area contributed by atoms with Gasteiger partial charge in [0, 0.05) is 32.3 Å². The van der Waals surface area contributed by atoms with Crippen LogP contribution in [0.1, 0.15) is 41.5 Å². The molecule has 114 valence electrons. The summed E-state index contributed by atoms with van der Waals surface area (Å²) in [6.07, 6.45) is -0.260. The van der Waals surface area contributed by atoms with Gasteiger partial charge in [-0.1, -0.05) is 0 Å². The second-order valence-electron chi connectivity index (χ2n) is 6.08. The smallest absolute Gasteiger partial charge is 0.410 e. The van der Waals surface area contributed by atoms with Crippen LogP contribution < -0.4 is 5.32 Å². The minimum atomic E-state index is -0.457. The Bertz CT molecular complexity index is 262. The molecule has 0 aromatic rings. The van der Waals surface area contributed by atoms with E-state index >= 15 is 0 Å². The molecule has 0 bridgehead atoms. The van der Waals surface area contributed by atoms with Crippen molar-refractivity contribution in [2.45, 2.75) is 59.2 Å². The van der Waals surface area contributed by atoms with Crippen LogP contribution >= 0.6 is 0 Å². The molecule has 0 saturated carbocycles. The van der Waals surface area contributed by atoms with Gasteiger partial charge >= 0.3 is 6.09 Å². The number of carbonyl (C=O) groups excluding carboxylic acids is 1. The van der Waals surface area contributed by atoms with Crippen molar-refractivity contribution < 1.29 is 14.3 Å². The number of carbonyl (C=O) groups is 1. The summed E-state index contributed by atoms with van der Waals surface area (Å²) >= 11 is 0. The first-order valence-electron chi connectivity index (χ1n) is 6.89. The molecule has 0 aromatic heterocycles. The zero-order valence-corrected chi connectivity index (χ0v) is 13.4. The van der Waals surface area contributed by atoms with Crippen LogP contribution in [0.3, 0.4) is 0 Å². The van der Waals surface area contributed by atoms with E-state index in [0.29, 0.717) is 13.2 Å². The summed E-state index contributed by atoms with van der Waals surface area (Å²) in [5.41, 5.74) is -0.457. The molecular weight excluding hydrogens is 244 g/mol. The van der Waals surface area contributed by atoms with Gasteiger partial charge in [0.2, 0.25) is 0 Å². The van der Waals surface area contributed by atoms with E-state index in [9.17, 15) is 4.79 Å². The van der Waals surface area contributed by atoms with Gasteiger partial charge in [0.05, 0.1) is 6.61 Å². The fourth-order valence-electron chi connectivity index (χ4n) is 1.62. The number of hydrogen-bond donors (Lipinski definition) is 1. The number of hydrogen-bond acceptors (Lipinski definition) is 4. The van der Waals surface area contributed by atoms with Crippen molar-refractivity contribution in [3.8, 4) is 0 Å². The van der Waals surface area contributed by atoms with Crippen molar-refractivity contribution in [3.63, 3.8) is 0 Å². The van der Waals surface area contributed by atoms with E-state index in [-0.39, 0.29) is 18.2 Å². The summed E-state index contributed by atoms with van der Waals surface area (Å²) in [7, 11) is 1.68. The molecule has 0 rings (SSSR count). The SMILES string of the molecule is COCC(C)NCCN(C(=O)OC(C)(C)C)C(C)C. The molecule has 1 N–H and O–H groups in total. The minimum Gasteiger partial charge on any atom is -0.444 e. The molecule has 1 atom stereocenters. The monoisotopic (exact) mass is 274 g/mol. The third-order valence-electron chi connectivity index (χ3n) is 2.51. The highest BCUT2D eigenvalue weighted by Gasteiger charge is 2.23. The van der Waals surface area contributed by atoms with E-state index in [2.05, 4.69) is 12.2 Å². The lowest BCUT2D eigenvalue weighted by atomic mass is 10.2. The topological polar surface area (TPSA) is 50.8 Å². The average molecular weight is 274 g/mol. The molecule has 1 amide bonds. The molecular formula is C14H30N2O3. The van der Waals surface area contributed by atoms with Crippen molar-refractivity contribution >= 4 is 6.09 Å². The third kappa shape index (κ3) is 8.83. The fourth-order valence-corrected chi connectivity index (χ4v) is 1.62. The van der Waals surface area contributed by atoms with Gasteiger partial charge in [-0.2, -0.15) is 0 Å². The van der Waals surface area contributed by atoms with Crippen molar-refractivity contribution in [1.29, 1.82) is 0 Å². The first-order valence-corrected chi connectivity index (χ1v) is 6.89. The normalized spacial score (nSPS) is 13.5. The quantitative estimate of drug-likeness (QED) is 0.773. The van der Waals surface area contributed by atoms with Gasteiger partial charge in [-0.15, -0.1) is 0 Å². The molecule has 0 aliphatic heterocycles. The van der Waals surface area contributed by atoms with Crippen LogP contribution in [0, 0.1) is 0 Å². The van der Waals surface area contributed by atoms with Crippen LogP contribution in [0.2, 0.25) is 0 Å². The predicted molar refractivity (Wildman–Crippen MR) is 77.4 cm³/mol. The Labute approximate surface area is 117 Å². The number of nitrogens with zero attached hydrogens (tertiary/aromatic N) is 1. The highest BCUT2D eigenvalue weighted by molar-refractivity contribution is 5.68. The lowest BCUT2D eigenvalue weighted by Crippen LogP contribution is -2.45. The highest BCUT2D eigenvalue weighted by atomic mass is 16.6. The Balaban J connectivity index is 4.23. The number of nitrogens with one attached hydrogen (secondary N) is 1. The first-order chi connectivity index (χ1) is 8.67. The average Bonchev–Trinajstić information content (AvgIpc) is 2.21. The maximum atomic E-state index is 12.1. The van der Waals surface area contributed by atoms with E-state index in [1.165, 1.54) is 0 Å². The van der Waals surface area contributed by atoms with Gasteiger partial charge in [-0.3, -0.25) is 0 Å². The van der Waals surface area contributed by atoms with Gasteiger partial charge < -0.3 is 19.7 Å². The van der Waals surface area contributed by atoms with Gasteiger partial charge in [-0.05, 0) is 41.5 Å². The molecule has 19 heavy (non-hydrogen) atoms. The zero-order valence-electron chi connectivity index (χ0n) is 13.4. The lowest BCUT2D eigenvalue weighted by Gasteiger charge is -2.30. The highest BCUT2D eigenvalue weighted by Crippen LogP contribution is 2.11. The third-order valence-corrected chi connectivity index (χ3v) is 2.51. The molecule has 1 unspecified atom stereocenters. The molecule has 0 aliphatic rings. The van der Waals surface area contributed by atoms with Crippen LogP contribution in [-0.4, -0.2) is 55.5 Å². The van der Waals surface area contributed by atoms with Crippen LogP contribution in [-0.2, 0) is 9.47 Å². The van der Waals surface area contributed by atoms with E-state index in [0.717, 1.165) is 6.54 Å². The number of amides is 1. The Hall–Kier alpha value is -0.810. The van der Waals surface area contributed by atoms with E-state index in [1.807, 2.05) is 34.6 Å². The van der Waals surface area contributed by atoms with Crippen LogP contribution in [0.5, 0.6) is 0 Å². The molecule has 0 heterocycles. The maximum absolute atomic E-state index is 12.1. The molecule has 0 saturated heterocycles. The van der Waals surface area contributed by atoms with Crippen molar-refractivity contribution in [1.82, 2.24) is 10.2 Å². The molecule has 0 radical (unpaired) electrons. The summed E-state index contributed by atoms with van der Waals surface area (Å²) in [5, 5.41) is 3.31.